The molecule has 0 spiro atoms. The number of rotatable bonds is 15. The fourth-order valence-electron chi connectivity index (χ4n) is 2.76. The second kappa shape index (κ2) is 15.6. The first-order chi connectivity index (χ1) is 17.2. The SMILES string of the molecule is CC(C)C[C@@H](OCc1ccc(O)cc1)C(=O)NC(CSSCC(NC(=O)OC(C)(C)C)C(=O)O)C(=O)O. The van der Waals surface area contributed by atoms with Crippen molar-refractivity contribution in [3.63, 3.8) is 0 Å². The van der Waals surface area contributed by atoms with Crippen LogP contribution in [0.25, 0.3) is 0 Å². The summed E-state index contributed by atoms with van der Waals surface area (Å²) < 4.78 is 10.8. The van der Waals surface area contributed by atoms with Crippen molar-refractivity contribution >= 4 is 45.5 Å². The van der Waals surface area contributed by atoms with Gasteiger partial charge in [-0.2, -0.15) is 0 Å². The van der Waals surface area contributed by atoms with Crippen LogP contribution in [-0.4, -0.2) is 74.6 Å². The molecule has 1 rings (SSSR count). The monoisotopic (exact) mass is 560 g/mol. The van der Waals surface area contributed by atoms with Gasteiger partial charge in [-0.3, -0.25) is 4.79 Å². The molecule has 208 valence electrons. The molecule has 5 N–H and O–H groups in total. The van der Waals surface area contributed by atoms with Crippen LogP contribution in [0.2, 0.25) is 0 Å². The fraction of sp³-hybridized carbons (Fsp3) is 0.583. The highest BCUT2D eigenvalue weighted by Gasteiger charge is 2.28. The number of alkyl carbamates (subject to hydrolysis) is 1. The normalized spacial score (nSPS) is 13.9. The Morgan fingerprint density at radius 1 is 0.919 bits per heavy atom. The molecular weight excluding hydrogens is 524 g/mol. The number of carboxylic acid groups (broad SMARTS) is 2. The molecule has 1 aromatic carbocycles. The molecule has 0 saturated carbocycles. The van der Waals surface area contributed by atoms with Crippen molar-refractivity contribution in [3.05, 3.63) is 29.8 Å². The molecule has 0 aromatic heterocycles. The number of phenolic OH excluding ortho intramolecular Hbond substituents is 1. The first-order valence-electron chi connectivity index (χ1n) is 11.6. The van der Waals surface area contributed by atoms with Gasteiger partial charge in [-0.25, -0.2) is 14.4 Å². The number of hydrogen-bond acceptors (Lipinski definition) is 9. The number of amides is 2. The van der Waals surface area contributed by atoms with Crippen molar-refractivity contribution in [3.8, 4) is 5.75 Å². The number of carbonyl (C=O) groups is 4. The molecular formula is C24H36N2O9S2. The first kappa shape index (κ1) is 32.4. The van der Waals surface area contributed by atoms with Crippen LogP contribution in [-0.2, 0) is 30.5 Å². The lowest BCUT2D eigenvalue weighted by atomic mass is 10.0. The quantitative estimate of drug-likeness (QED) is 0.157. The zero-order valence-corrected chi connectivity index (χ0v) is 23.2. The van der Waals surface area contributed by atoms with Gasteiger partial charge in [0, 0.05) is 11.5 Å². The maximum Gasteiger partial charge on any atom is 0.408 e. The van der Waals surface area contributed by atoms with Gasteiger partial charge in [-0.05, 0) is 50.8 Å². The summed E-state index contributed by atoms with van der Waals surface area (Å²) in [5.74, 6) is -2.96. The molecule has 37 heavy (non-hydrogen) atoms. The van der Waals surface area contributed by atoms with Gasteiger partial charge < -0.3 is 35.4 Å². The summed E-state index contributed by atoms with van der Waals surface area (Å²) in [5, 5.41) is 33.1. The maximum atomic E-state index is 12.8. The van der Waals surface area contributed by atoms with Crippen LogP contribution in [0.15, 0.2) is 24.3 Å². The zero-order chi connectivity index (χ0) is 28.2. The Labute approximate surface area is 224 Å². The third-order valence-electron chi connectivity index (χ3n) is 4.52. The summed E-state index contributed by atoms with van der Waals surface area (Å²) in [6, 6.07) is 3.85. The van der Waals surface area contributed by atoms with E-state index in [1.807, 2.05) is 13.8 Å². The molecule has 13 heteroatoms. The van der Waals surface area contributed by atoms with E-state index >= 15 is 0 Å². The number of aliphatic carboxylic acids is 2. The Balaban J connectivity index is 2.64. The second-order valence-corrected chi connectivity index (χ2v) is 12.2. The summed E-state index contributed by atoms with van der Waals surface area (Å²) in [4.78, 5) is 47.9. The molecule has 11 nitrogen and oxygen atoms in total. The molecule has 3 atom stereocenters. The third kappa shape index (κ3) is 14.0. The van der Waals surface area contributed by atoms with Gasteiger partial charge in [-0.15, -0.1) is 0 Å². The topological polar surface area (TPSA) is 171 Å². The molecule has 0 aliphatic carbocycles. The summed E-state index contributed by atoms with van der Waals surface area (Å²) in [5.41, 5.74) is -0.0440. The Hall–Kier alpha value is -2.64. The Morgan fingerprint density at radius 3 is 1.89 bits per heavy atom. The van der Waals surface area contributed by atoms with Gasteiger partial charge in [0.05, 0.1) is 6.61 Å². The van der Waals surface area contributed by atoms with E-state index in [-0.39, 0.29) is 29.8 Å². The number of aromatic hydroxyl groups is 1. The minimum absolute atomic E-state index is 0.0448. The first-order valence-corrected chi connectivity index (χ1v) is 14.1. The number of benzene rings is 1. The highest BCUT2D eigenvalue weighted by Crippen LogP contribution is 2.24. The van der Waals surface area contributed by atoms with E-state index in [0.717, 1.165) is 27.2 Å². The predicted molar refractivity (Wildman–Crippen MR) is 141 cm³/mol. The summed E-state index contributed by atoms with van der Waals surface area (Å²) in [7, 11) is 2.11. The van der Waals surface area contributed by atoms with E-state index in [2.05, 4.69) is 10.6 Å². The van der Waals surface area contributed by atoms with Crippen molar-refractivity contribution in [2.24, 2.45) is 5.92 Å². The Morgan fingerprint density at radius 2 is 1.43 bits per heavy atom. The van der Waals surface area contributed by atoms with Crippen molar-refractivity contribution in [1.82, 2.24) is 10.6 Å². The van der Waals surface area contributed by atoms with E-state index in [1.54, 1.807) is 32.9 Å². The van der Waals surface area contributed by atoms with Crippen LogP contribution in [0.1, 0.15) is 46.6 Å². The van der Waals surface area contributed by atoms with Crippen LogP contribution >= 0.6 is 21.6 Å². The highest BCUT2D eigenvalue weighted by molar-refractivity contribution is 8.76. The van der Waals surface area contributed by atoms with Crippen LogP contribution < -0.4 is 10.6 Å². The molecule has 2 amide bonds. The van der Waals surface area contributed by atoms with Gasteiger partial charge in [0.1, 0.15) is 29.5 Å². The number of nitrogens with one attached hydrogen (secondary N) is 2. The molecule has 0 radical (unpaired) electrons. The number of carbonyl (C=O) groups excluding carboxylic acids is 2. The Bertz CT molecular complexity index is 904. The van der Waals surface area contributed by atoms with Crippen LogP contribution in [0.3, 0.4) is 0 Å². The van der Waals surface area contributed by atoms with Crippen molar-refractivity contribution in [1.29, 1.82) is 0 Å². The highest BCUT2D eigenvalue weighted by atomic mass is 33.1. The van der Waals surface area contributed by atoms with Crippen molar-refractivity contribution in [2.45, 2.75) is 71.4 Å². The smallest absolute Gasteiger partial charge is 0.408 e. The van der Waals surface area contributed by atoms with E-state index in [4.69, 9.17) is 9.47 Å². The molecule has 0 aliphatic rings. The van der Waals surface area contributed by atoms with Crippen LogP contribution in [0.4, 0.5) is 4.79 Å². The van der Waals surface area contributed by atoms with Gasteiger partial charge in [0.2, 0.25) is 5.91 Å². The molecule has 0 saturated heterocycles. The summed E-state index contributed by atoms with van der Waals surface area (Å²) in [6.45, 7) is 8.88. The van der Waals surface area contributed by atoms with Gasteiger partial charge in [0.25, 0.3) is 0 Å². The summed E-state index contributed by atoms with van der Waals surface area (Å²) in [6.07, 6.45) is -1.39. The lowest BCUT2D eigenvalue weighted by Gasteiger charge is -2.22. The van der Waals surface area contributed by atoms with E-state index < -0.39 is 47.7 Å². The maximum absolute atomic E-state index is 12.8. The largest absolute Gasteiger partial charge is 0.508 e. The lowest BCUT2D eigenvalue weighted by molar-refractivity contribution is -0.144. The Kier molecular flexibility index (Phi) is 13.6. The predicted octanol–water partition coefficient (Wildman–Crippen LogP) is 3.25. The molecule has 1 aromatic rings. The molecule has 0 fully saturated rings. The lowest BCUT2D eigenvalue weighted by Crippen LogP contribution is -2.48. The average Bonchev–Trinajstić information content (AvgIpc) is 2.76. The molecule has 2 unspecified atom stereocenters. The van der Waals surface area contributed by atoms with Crippen molar-refractivity contribution < 1.29 is 44.0 Å². The average molecular weight is 561 g/mol. The van der Waals surface area contributed by atoms with E-state index in [0.29, 0.717) is 6.42 Å². The molecule has 0 heterocycles. The summed E-state index contributed by atoms with van der Waals surface area (Å²) >= 11 is 0. The molecule has 0 aliphatic heterocycles. The van der Waals surface area contributed by atoms with E-state index in [9.17, 15) is 34.5 Å². The fourth-order valence-corrected chi connectivity index (χ4v) is 5.07. The van der Waals surface area contributed by atoms with Gasteiger partial charge in [-0.1, -0.05) is 47.6 Å². The van der Waals surface area contributed by atoms with Gasteiger partial charge >= 0.3 is 18.0 Å². The number of carboxylic acids is 2. The van der Waals surface area contributed by atoms with Gasteiger partial charge in [0.15, 0.2) is 0 Å². The van der Waals surface area contributed by atoms with E-state index in [1.165, 1.54) is 12.1 Å². The minimum atomic E-state index is -1.26. The third-order valence-corrected chi connectivity index (χ3v) is 6.94. The zero-order valence-electron chi connectivity index (χ0n) is 21.6. The second-order valence-electron chi connectivity index (χ2n) is 9.60. The number of phenols is 1. The number of hydrogen-bond donors (Lipinski definition) is 5. The minimum Gasteiger partial charge on any atom is -0.508 e. The molecule has 0 bridgehead atoms. The standard InChI is InChI=1S/C24H36N2O9S2/c1-14(2)10-19(34-11-15-6-8-16(27)9-7-15)20(28)25-17(21(29)30)12-36-37-13-18(22(31)32)26-23(33)35-24(3,4)5/h6-9,14,17-19,27H,10-13H2,1-5H3,(H,25,28)(H,26,33)(H,29,30)(H,31,32)/t17?,18?,19-/m1/s1. The van der Waals surface area contributed by atoms with Crippen LogP contribution in [0.5, 0.6) is 5.75 Å². The number of ether oxygens (including phenoxy) is 2. The van der Waals surface area contributed by atoms with Crippen molar-refractivity contribution in [2.75, 3.05) is 11.5 Å². The van der Waals surface area contributed by atoms with Crippen LogP contribution in [0, 0.1) is 5.92 Å².